The summed E-state index contributed by atoms with van der Waals surface area (Å²) in [5, 5.41) is 22.4. The van der Waals surface area contributed by atoms with Crippen molar-refractivity contribution in [2.75, 3.05) is 6.54 Å². The maximum atomic E-state index is 12.5. The summed E-state index contributed by atoms with van der Waals surface area (Å²) in [4.78, 5) is 0. The first-order valence-electron chi connectivity index (χ1n) is 5.63. The van der Waals surface area contributed by atoms with Crippen LogP contribution >= 0.6 is 0 Å². The Bertz CT molecular complexity index is 465. The Labute approximate surface area is 102 Å². The van der Waals surface area contributed by atoms with Gasteiger partial charge in [-0.1, -0.05) is 6.07 Å². The van der Waals surface area contributed by atoms with Crippen LogP contribution in [0.4, 0.5) is 13.2 Å². The van der Waals surface area contributed by atoms with Gasteiger partial charge < -0.3 is 15.5 Å². The predicted molar refractivity (Wildman–Crippen MR) is 59.4 cm³/mol. The molecule has 0 bridgehead atoms. The fourth-order valence-corrected chi connectivity index (χ4v) is 2.38. The number of hydrogen-bond donors (Lipinski definition) is 3. The molecule has 6 heteroatoms. The molecule has 100 valence electrons. The van der Waals surface area contributed by atoms with E-state index in [-0.39, 0.29) is 0 Å². The minimum Gasteiger partial charge on any atom is -0.504 e. The van der Waals surface area contributed by atoms with Gasteiger partial charge in [0.1, 0.15) is 5.56 Å². The Balaban J connectivity index is 2.50. The van der Waals surface area contributed by atoms with Crippen molar-refractivity contribution in [1.29, 1.82) is 0 Å². The first-order valence-corrected chi connectivity index (χ1v) is 5.63. The summed E-state index contributed by atoms with van der Waals surface area (Å²) < 4.78 is 37.6. The zero-order valence-corrected chi connectivity index (χ0v) is 9.80. The molecule has 1 atom stereocenters. The summed E-state index contributed by atoms with van der Waals surface area (Å²) in [5.74, 6) is -1.79. The van der Waals surface area contributed by atoms with Crippen molar-refractivity contribution in [2.45, 2.75) is 31.5 Å². The van der Waals surface area contributed by atoms with Gasteiger partial charge in [-0.25, -0.2) is 0 Å². The van der Waals surface area contributed by atoms with Gasteiger partial charge in [0.05, 0.1) is 0 Å². The van der Waals surface area contributed by atoms with Gasteiger partial charge in [-0.15, -0.1) is 0 Å². The van der Waals surface area contributed by atoms with E-state index in [2.05, 4.69) is 5.32 Å². The third kappa shape index (κ3) is 2.01. The maximum Gasteiger partial charge on any atom is 0.420 e. The number of halogens is 3. The lowest BCUT2D eigenvalue weighted by atomic mass is 9.88. The largest absolute Gasteiger partial charge is 0.504 e. The lowest BCUT2D eigenvalue weighted by molar-refractivity contribution is -0.138. The molecule has 3 nitrogen and oxygen atoms in total. The van der Waals surface area contributed by atoms with Crippen LogP contribution in [0.25, 0.3) is 0 Å². The van der Waals surface area contributed by atoms with E-state index < -0.39 is 28.8 Å². The van der Waals surface area contributed by atoms with Crippen LogP contribution in [0, 0.1) is 0 Å². The monoisotopic (exact) mass is 261 g/mol. The molecule has 1 aliphatic rings. The number of aromatic hydroxyl groups is 2. The van der Waals surface area contributed by atoms with Crippen molar-refractivity contribution in [2.24, 2.45) is 0 Å². The summed E-state index contributed by atoms with van der Waals surface area (Å²) in [5.41, 5.74) is -1.51. The number of phenolic OH excluding ortho intramolecular Hbond substituents is 2. The highest BCUT2D eigenvalue weighted by molar-refractivity contribution is 5.53. The third-order valence-electron chi connectivity index (χ3n) is 3.42. The average Bonchev–Trinajstić information content (AvgIpc) is 2.68. The smallest absolute Gasteiger partial charge is 0.420 e. The number of nitrogens with one attached hydrogen (secondary N) is 1. The molecule has 1 fully saturated rings. The summed E-state index contributed by atoms with van der Waals surface area (Å²) in [6, 6.07) is 2.02. The van der Waals surface area contributed by atoms with E-state index in [4.69, 9.17) is 0 Å². The van der Waals surface area contributed by atoms with Crippen LogP contribution < -0.4 is 5.32 Å². The summed E-state index contributed by atoms with van der Waals surface area (Å²) in [6.45, 7) is 2.53. The van der Waals surface area contributed by atoms with Gasteiger partial charge in [0.2, 0.25) is 0 Å². The molecule has 3 N–H and O–H groups in total. The molecule has 1 heterocycles. The van der Waals surface area contributed by atoms with Crippen LogP contribution in [0.15, 0.2) is 12.1 Å². The fraction of sp³-hybridized carbons (Fsp3) is 0.500. The molecule has 1 saturated heterocycles. The third-order valence-corrected chi connectivity index (χ3v) is 3.42. The highest BCUT2D eigenvalue weighted by Gasteiger charge is 2.39. The van der Waals surface area contributed by atoms with Crippen molar-refractivity contribution in [1.82, 2.24) is 5.32 Å². The van der Waals surface area contributed by atoms with E-state index >= 15 is 0 Å². The standard InChI is InChI=1S/C12H14F3NO2/c1-11(5-2-6-16-11)7-3-4-8(12(13,14)15)10(18)9(7)17/h3-4,16-18H,2,5-6H2,1H3. The molecule has 0 spiro atoms. The first kappa shape index (κ1) is 13.0. The molecule has 0 saturated carbocycles. The number of rotatable bonds is 1. The van der Waals surface area contributed by atoms with Crippen molar-refractivity contribution >= 4 is 0 Å². The Kier molecular flexibility index (Phi) is 2.93. The SMILES string of the molecule is CC1(c2ccc(C(F)(F)F)c(O)c2O)CCCN1. The molecule has 18 heavy (non-hydrogen) atoms. The van der Waals surface area contributed by atoms with Crippen LogP contribution in [0.3, 0.4) is 0 Å². The number of phenols is 2. The van der Waals surface area contributed by atoms with Crippen molar-refractivity contribution in [3.63, 3.8) is 0 Å². The number of alkyl halides is 3. The minimum absolute atomic E-state index is 0.297. The Morgan fingerprint density at radius 1 is 1.22 bits per heavy atom. The Hall–Kier alpha value is -1.43. The zero-order chi connectivity index (χ0) is 13.6. The molecule has 0 aromatic heterocycles. The van der Waals surface area contributed by atoms with Crippen LogP contribution in [0.1, 0.15) is 30.9 Å². The van der Waals surface area contributed by atoms with Gasteiger partial charge in [-0.2, -0.15) is 13.2 Å². The molecule has 0 radical (unpaired) electrons. The van der Waals surface area contributed by atoms with E-state index in [9.17, 15) is 23.4 Å². The van der Waals surface area contributed by atoms with E-state index in [1.807, 2.05) is 0 Å². The Morgan fingerprint density at radius 2 is 1.89 bits per heavy atom. The number of benzene rings is 1. The highest BCUT2D eigenvalue weighted by atomic mass is 19.4. The topological polar surface area (TPSA) is 52.5 Å². The quantitative estimate of drug-likeness (QED) is 0.681. The van der Waals surface area contributed by atoms with Gasteiger partial charge in [-0.3, -0.25) is 0 Å². The van der Waals surface area contributed by atoms with Gasteiger partial charge in [-0.05, 0) is 32.4 Å². The minimum atomic E-state index is -4.68. The normalized spacial score (nSPS) is 24.4. The molecular formula is C12H14F3NO2. The lowest BCUT2D eigenvalue weighted by Crippen LogP contribution is -2.33. The van der Waals surface area contributed by atoms with Crippen LogP contribution in [-0.2, 0) is 11.7 Å². The Morgan fingerprint density at radius 3 is 2.39 bits per heavy atom. The zero-order valence-electron chi connectivity index (χ0n) is 9.80. The van der Waals surface area contributed by atoms with Crippen LogP contribution in [-0.4, -0.2) is 16.8 Å². The molecule has 2 rings (SSSR count). The van der Waals surface area contributed by atoms with E-state index in [1.54, 1.807) is 6.92 Å². The van der Waals surface area contributed by atoms with Crippen molar-refractivity contribution in [3.05, 3.63) is 23.3 Å². The summed E-state index contributed by atoms with van der Waals surface area (Å²) in [6.07, 6.45) is -3.10. The number of hydrogen-bond acceptors (Lipinski definition) is 3. The van der Waals surface area contributed by atoms with Crippen molar-refractivity contribution in [3.8, 4) is 11.5 Å². The first-order chi connectivity index (χ1) is 8.26. The van der Waals surface area contributed by atoms with Gasteiger partial charge in [0.25, 0.3) is 0 Å². The van der Waals surface area contributed by atoms with Gasteiger partial charge in [0.15, 0.2) is 11.5 Å². The lowest BCUT2D eigenvalue weighted by Gasteiger charge is -2.27. The fourth-order valence-electron chi connectivity index (χ4n) is 2.38. The molecule has 1 aromatic carbocycles. The van der Waals surface area contributed by atoms with Gasteiger partial charge in [0, 0.05) is 11.1 Å². The molecule has 1 aromatic rings. The second-order valence-corrected chi connectivity index (χ2v) is 4.72. The van der Waals surface area contributed by atoms with E-state index in [0.29, 0.717) is 12.0 Å². The second-order valence-electron chi connectivity index (χ2n) is 4.72. The predicted octanol–water partition coefficient (Wildman–Crippen LogP) is 2.72. The summed E-state index contributed by atoms with van der Waals surface area (Å²) >= 11 is 0. The second kappa shape index (κ2) is 4.05. The average molecular weight is 261 g/mol. The van der Waals surface area contributed by atoms with E-state index in [0.717, 1.165) is 19.0 Å². The highest BCUT2D eigenvalue weighted by Crippen LogP contribution is 2.46. The van der Waals surface area contributed by atoms with Crippen molar-refractivity contribution < 1.29 is 23.4 Å². The van der Waals surface area contributed by atoms with Crippen LogP contribution in [0.5, 0.6) is 11.5 Å². The molecule has 0 aliphatic carbocycles. The van der Waals surface area contributed by atoms with Gasteiger partial charge >= 0.3 is 6.18 Å². The van der Waals surface area contributed by atoms with E-state index in [1.165, 1.54) is 6.07 Å². The van der Waals surface area contributed by atoms with Crippen LogP contribution in [0.2, 0.25) is 0 Å². The molecule has 1 aliphatic heterocycles. The molecule has 0 amide bonds. The maximum absolute atomic E-state index is 12.5. The molecule has 1 unspecified atom stereocenters. The summed E-state index contributed by atoms with van der Waals surface area (Å²) in [7, 11) is 0. The molecular weight excluding hydrogens is 247 g/mol.